The summed E-state index contributed by atoms with van der Waals surface area (Å²) in [4.78, 5) is 13.0. The Morgan fingerprint density at radius 2 is 1.12 bits per heavy atom. The van der Waals surface area contributed by atoms with Gasteiger partial charge in [0, 0.05) is 29.5 Å². The Morgan fingerprint density at radius 3 is 1.64 bits per heavy atom. The maximum absolute atomic E-state index is 14.5. The van der Waals surface area contributed by atoms with Gasteiger partial charge in [0.1, 0.15) is 5.78 Å². The van der Waals surface area contributed by atoms with Crippen molar-refractivity contribution in [3.05, 3.63) is 132 Å². The minimum absolute atomic E-state index is 0.146. The summed E-state index contributed by atoms with van der Waals surface area (Å²) in [6.07, 6.45) is 1.44. The van der Waals surface area contributed by atoms with Crippen LogP contribution in [0.4, 0.5) is 0 Å². The summed E-state index contributed by atoms with van der Waals surface area (Å²) < 4.78 is 14.5. The van der Waals surface area contributed by atoms with Crippen LogP contribution < -0.4 is 15.7 Å². The van der Waals surface area contributed by atoms with Crippen LogP contribution in [-0.2, 0) is 15.8 Å². The van der Waals surface area contributed by atoms with Crippen molar-refractivity contribution in [2.24, 2.45) is 0 Å². The van der Waals surface area contributed by atoms with Gasteiger partial charge in [-0.3, -0.25) is 14.4 Å². The van der Waals surface area contributed by atoms with E-state index in [0.717, 1.165) is 21.7 Å². The first-order valence-corrected chi connectivity index (χ1v) is 13.0. The monoisotopic (exact) mass is 453 g/mol. The highest BCUT2D eigenvalue weighted by Crippen LogP contribution is 2.42. The van der Waals surface area contributed by atoms with Gasteiger partial charge in [-0.2, -0.15) is 0 Å². The molecule has 4 heteroatoms. The number of nitrogens with one attached hydrogen (secondary N) is 1. The van der Waals surface area contributed by atoms with Crippen molar-refractivity contribution in [3.63, 3.8) is 0 Å². The van der Waals surface area contributed by atoms with E-state index in [2.05, 4.69) is 5.09 Å². The van der Waals surface area contributed by atoms with Gasteiger partial charge >= 0.3 is 0 Å². The van der Waals surface area contributed by atoms with E-state index in [9.17, 15) is 9.36 Å². The maximum atomic E-state index is 14.5. The quantitative estimate of drug-likeness (QED) is 0.307. The summed E-state index contributed by atoms with van der Waals surface area (Å²) in [5.41, 5.74) is 2.10. The third kappa shape index (κ3) is 5.96. The number of carbonyl (C=O) groups is 1. The Balaban J connectivity index is 1.62. The van der Waals surface area contributed by atoms with Crippen molar-refractivity contribution < 1.29 is 9.36 Å². The molecule has 0 fully saturated rings. The number of hydrogen-bond acceptors (Lipinski definition) is 2. The highest BCUT2D eigenvalue weighted by atomic mass is 31.2. The number of rotatable bonds is 10. The number of ketones is 1. The zero-order valence-corrected chi connectivity index (χ0v) is 19.4. The van der Waals surface area contributed by atoms with E-state index < -0.39 is 7.29 Å². The van der Waals surface area contributed by atoms with Crippen molar-refractivity contribution in [3.8, 4) is 0 Å². The van der Waals surface area contributed by atoms with Crippen molar-refractivity contribution in [2.45, 2.75) is 25.3 Å². The van der Waals surface area contributed by atoms with Gasteiger partial charge in [-0.05, 0) is 41.8 Å². The van der Waals surface area contributed by atoms with Crippen molar-refractivity contribution in [1.29, 1.82) is 0 Å². The van der Waals surface area contributed by atoms with Crippen molar-refractivity contribution in [2.75, 3.05) is 0 Å². The Hall–Kier alpha value is -3.26. The first kappa shape index (κ1) is 22.9. The second kappa shape index (κ2) is 11.0. The molecule has 0 aliphatic heterocycles. The Labute approximate surface area is 195 Å². The molecule has 0 radical (unpaired) electrons. The molecule has 0 bridgehead atoms. The maximum Gasteiger partial charge on any atom is 0.205 e. The first-order valence-electron chi connectivity index (χ1n) is 11.2. The van der Waals surface area contributed by atoms with E-state index in [0.29, 0.717) is 12.8 Å². The summed E-state index contributed by atoms with van der Waals surface area (Å²) in [5, 5.41) is 4.90. The molecule has 1 unspecified atom stereocenters. The van der Waals surface area contributed by atoms with E-state index in [-0.39, 0.29) is 18.2 Å². The van der Waals surface area contributed by atoms with Crippen LogP contribution in [0.1, 0.15) is 30.0 Å². The van der Waals surface area contributed by atoms with E-state index in [4.69, 9.17) is 0 Å². The lowest BCUT2D eigenvalue weighted by atomic mass is 9.99. The van der Waals surface area contributed by atoms with Crippen LogP contribution in [0.15, 0.2) is 121 Å². The molecule has 3 nitrogen and oxygen atoms in total. The lowest BCUT2D eigenvalue weighted by Crippen LogP contribution is -2.31. The zero-order chi connectivity index (χ0) is 22.9. The standard InChI is InChI=1S/C29H28NO2P/c31-26(22-21-24-13-5-1-6-14-24)23-29(25-15-7-2-8-16-25)30-33(32,27-17-9-3-10-18-27)28-19-11-4-12-20-28/h1-20,29H,21-23H2,(H,30,32). The second-order valence-corrected chi connectivity index (χ2v) is 10.6. The minimum Gasteiger partial charge on any atom is -0.300 e. The van der Waals surface area contributed by atoms with Crippen LogP contribution in [0.5, 0.6) is 0 Å². The average Bonchev–Trinajstić information content (AvgIpc) is 2.89. The van der Waals surface area contributed by atoms with E-state index >= 15 is 0 Å². The number of aryl methyl sites for hydroxylation is 1. The van der Waals surface area contributed by atoms with Crippen molar-refractivity contribution >= 4 is 23.7 Å². The Bertz CT molecular complexity index is 1150. The van der Waals surface area contributed by atoms with Crippen molar-refractivity contribution in [1.82, 2.24) is 5.09 Å². The molecule has 1 atom stereocenters. The topological polar surface area (TPSA) is 46.2 Å². The normalized spacial score (nSPS) is 12.2. The van der Waals surface area contributed by atoms with Gasteiger partial charge in [-0.15, -0.1) is 0 Å². The molecule has 4 aromatic carbocycles. The SMILES string of the molecule is O=C(CCc1ccccc1)CC(NP(=O)(c1ccccc1)c1ccccc1)c1ccccc1. The molecular formula is C29H28NO2P. The number of hydrogen-bond donors (Lipinski definition) is 1. The summed E-state index contributed by atoms with van der Waals surface area (Å²) in [6.45, 7) is 0. The number of Topliss-reactive ketones (excluding diaryl/α,β-unsaturated/α-hetero) is 1. The predicted molar refractivity (Wildman–Crippen MR) is 136 cm³/mol. The molecule has 0 saturated heterocycles. The van der Waals surface area contributed by atoms with Crippen LogP contribution in [0.25, 0.3) is 0 Å². The number of carbonyl (C=O) groups excluding carboxylic acids is 1. The van der Waals surface area contributed by atoms with E-state index in [1.54, 1.807) is 0 Å². The molecule has 4 aromatic rings. The second-order valence-electron chi connectivity index (χ2n) is 8.10. The fraction of sp³-hybridized carbons (Fsp3) is 0.138. The molecule has 1 N–H and O–H groups in total. The molecule has 4 rings (SSSR count). The molecule has 0 aliphatic carbocycles. The van der Waals surface area contributed by atoms with Gasteiger partial charge in [-0.25, -0.2) is 0 Å². The molecule has 0 amide bonds. The summed E-state index contributed by atoms with van der Waals surface area (Å²) in [6, 6.07) is 38.5. The van der Waals surface area contributed by atoms with Gasteiger partial charge in [0.05, 0.1) is 0 Å². The van der Waals surface area contributed by atoms with Gasteiger partial charge in [0.15, 0.2) is 0 Å². The summed E-state index contributed by atoms with van der Waals surface area (Å²) in [5.74, 6) is 0.146. The third-order valence-corrected chi connectivity index (χ3v) is 8.47. The average molecular weight is 454 g/mol. The lowest BCUT2D eigenvalue weighted by Gasteiger charge is -2.27. The highest BCUT2D eigenvalue weighted by molar-refractivity contribution is 7.76. The highest BCUT2D eigenvalue weighted by Gasteiger charge is 2.31. The van der Waals surface area contributed by atoms with Crippen LogP contribution in [0, 0.1) is 0 Å². The van der Waals surface area contributed by atoms with Crippen LogP contribution >= 0.6 is 7.29 Å². The summed E-state index contributed by atoms with van der Waals surface area (Å²) >= 11 is 0. The van der Waals surface area contributed by atoms with E-state index in [1.165, 1.54) is 0 Å². The molecule has 33 heavy (non-hydrogen) atoms. The fourth-order valence-corrected chi connectivity index (χ4v) is 6.43. The van der Waals surface area contributed by atoms with Gasteiger partial charge in [-0.1, -0.05) is 97.1 Å². The van der Waals surface area contributed by atoms with Gasteiger partial charge in [0.25, 0.3) is 0 Å². The fourth-order valence-electron chi connectivity index (χ4n) is 3.97. The molecule has 0 saturated carbocycles. The lowest BCUT2D eigenvalue weighted by molar-refractivity contribution is -0.119. The molecule has 0 aromatic heterocycles. The largest absolute Gasteiger partial charge is 0.300 e. The first-order chi connectivity index (χ1) is 16.1. The van der Waals surface area contributed by atoms with E-state index in [1.807, 2.05) is 121 Å². The van der Waals surface area contributed by atoms with Crippen LogP contribution in [-0.4, -0.2) is 5.78 Å². The zero-order valence-electron chi connectivity index (χ0n) is 18.5. The molecule has 0 heterocycles. The van der Waals surface area contributed by atoms with Gasteiger partial charge < -0.3 is 0 Å². The Morgan fingerprint density at radius 1 is 0.667 bits per heavy atom. The number of benzene rings is 4. The minimum atomic E-state index is -3.18. The molecule has 166 valence electrons. The molecule has 0 spiro atoms. The van der Waals surface area contributed by atoms with Crippen LogP contribution in [0.3, 0.4) is 0 Å². The third-order valence-electron chi connectivity index (χ3n) is 5.75. The summed E-state index contributed by atoms with van der Waals surface area (Å²) in [7, 11) is -3.18. The van der Waals surface area contributed by atoms with Crippen LogP contribution in [0.2, 0.25) is 0 Å². The molecule has 0 aliphatic rings. The molecular weight excluding hydrogens is 425 g/mol. The van der Waals surface area contributed by atoms with Gasteiger partial charge in [0.2, 0.25) is 7.29 Å². The Kier molecular flexibility index (Phi) is 7.67. The smallest absolute Gasteiger partial charge is 0.205 e. The predicted octanol–water partition coefficient (Wildman–Crippen LogP) is 5.84.